The lowest BCUT2D eigenvalue weighted by atomic mass is 10.00. The third kappa shape index (κ3) is 2.48. The maximum Gasteiger partial charge on any atom is 0.136 e. The summed E-state index contributed by atoms with van der Waals surface area (Å²) >= 11 is 3.47. The molecule has 1 N–H and O–H groups in total. The predicted molar refractivity (Wildman–Crippen MR) is 77.6 cm³/mol. The zero-order valence-corrected chi connectivity index (χ0v) is 12.1. The van der Waals surface area contributed by atoms with Crippen LogP contribution in [0.4, 0.5) is 11.5 Å². The molecule has 0 saturated heterocycles. The molecular weight excluding hydrogens is 306 g/mol. The van der Waals surface area contributed by atoms with Gasteiger partial charge in [0.15, 0.2) is 0 Å². The van der Waals surface area contributed by atoms with Gasteiger partial charge in [-0.2, -0.15) is 0 Å². The number of nitrogens with zero attached hydrogens (tertiary/aromatic N) is 3. The van der Waals surface area contributed by atoms with Crippen molar-refractivity contribution in [2.24, 2.45) is 0 Å². The van der Waals surface area contributed by atoms with E-state index in [1.165, 1.54) is 0 Å². The van der Waals surface area contributed by atoms with Gasteiger partial charge in [-0.25, -0.2) is 9.97 Å². The van der Waals surface area contributed by atoms with E-state index >= 15 is 0 Å². The van der Waals surface area contributed by atoms with E-state index in [0.29, 0.717) is 13.0 Å². The summed E-state index contributed by atoms with van der Waals surface area (Å²) in [5.41, 5.74) is 2.23. The van der Waals surface area contributed by atoms with Crippen molar-refractivity contribution in [1.29, 1.82) is 0 Å². The zero-order chi connectivity index (χ0) is 13.4. The Kier molecular flexibility index (Phi) is 3.24. The first-order valence-corrected chi connectivity index (χ1v) is 6.96. The van der Waals surface area contributed by atoms with E-state index in [0.717, 1.165) is 27.4 Å². The number of aromatic nitrogens is 2. The van der Waals surface area contributed by atoms with Crippen molar-refractivity contribution in [3.8, 4) is 0 Å². The lowest BCUT2D eigenvalue weighted by molar-refractivity contribution is 0.178. The molecule has 2 heterocycles. The third-order valence-electron chi connectivity index (χ3n) is 3.22. The molecule has 1 unspecified atom stereocenters. The molecule has 2 aromatic rings. The van der Waals surface area contributed by atoms with E-state index in [-0.39, 0.29) is 6.10 Å². The first-order valence-electron chi connectivity index (χ1n) is 6.17. The van der Waals surface area contributed by atoms with Gasteiger partial charge >= 0.3 is 0 Å². The summed E-state index contributed by atoms with van der Waals surface area (Å²) in [4.78, 5) is 10.6. The normalized spacial score (nSPS) is 18.3. The number of hydrogen-bond donors (Lipinski definition) is 1. The van der Waals surface area contributed by atoms with Crippen molar-refractivity contribution in [1.82, 2.24) is 9.97 Å². The van der Waals surface area contributed by atoms with Gasteiger partial charge in [-0.3, -0.25) is 0 Å². The van der Waals surface area contributed by atoms with E-state index in [1.807, 2.05) is 24.0 Å². The molecule has 1 aromatic carbocycles. The van der Waals surface area contributed by atoms with Crippen molar-refractivity contribution < 1.29 is 5.11 Å². The zero-order valence-electron chi connectivity index (χ0n) is 10.5. The van der Waals surface area contributed by atoms with Crippen LogP contribution in [0.25, 0.3) is 0 Å². The Morgan fingerprint density at radius 1 is 1.37 bits per heavy atom. The highest BCUT2D eigenvalue weighted by atomic mass is 79.9. The molecular formula is C14H14BrN3O. The fourth-order valence-electron chi connectivity index (χ4n) is 2.42. The van der Waals surface area contributed by atoms with E-state index in [1.54, 1.807) is 6.20 Å². The van der Waals surface area contributed by atoms with Crippen molar-refractivity contribution in [2.75, 3.05) is 11.4 Å². The van der Waals surface area contributed by atoms with Crippen LogP contribution in [0.1, 0.15) is 11.4 Å². The second kappa shape index (κ2) is 4.90. The number of rotatable bonds is 1. The van der Waals surface area contributed by atoms with Crippen LogP contribution in [0.15, 0.2) is 34.9 Å². The second-order valence-electron chi connectivity index (χ2n) is 4.70. The van der Waals surface area contributed by atoms with Crippen LogP contribution in [-0.4, -0.2) is 27.7 Å². The van der Waals surface area contributed by atoms with Gasteiger partial charge in [-0.1, -0.05) is 15.9 Å². The van der Waals surface area contributed by atoms with Crippen molar-refractivity contribution in [2.45, 2.75) is 19.4 Å². The van der Waals surface area contributed by atoms with Crippen LogP contribution in [0.2, 0.25) is 0 Å². The summed E-state index contributed by atoms with van der Waals surface area (Å²) in [6.45, 7) is 2.43. The third-order valence-corrected chi connectivity index (χ3v) is 3.71. The maximum atomic E-state index is 10.0. The van der Waals surface area contributed by atoms with E-state index < -0.39 is 0 Å². The minimum atomic E-state index is -0.378. The molecule has 98 valence electrons. The van der Waals surface area contributed by atoms with E-state index in [2.05, 4.69) is 38.0 Å². The smallest absolute Gasteiger partial charge is 0.136 e. The summed E-state index contributed by atoms with van der Waals surface area (Å²) in [6.07, 6.45) is 2.05. The molecule has 0 aliphatic carbocycles. The van der Waals surface area contributed by atoms with Gasteiger partial charge in [0.25, 0.3) is 0 Å². The molecule has 4 nitrogen and oxygen atoms in total. The fraction of sp³-hybridized carbons (Fsp3) is 0.286. The van der Waals surface area contributed by atoms with Gasteiger partial charge in [0.05, 0.1) is 12.6 Å². The van der Waals surface area contributed by atoms with Crippen LogP contribution in [0.3, 0.4) is 0 Å². The van der Waals surface area contributed by atoms with Gasteiger partial charge in [-0.15, -0.1) is 0 Å². The predicted octanol–water partition coefficient (Wildman–Crippen LogP) is 2.60. The molecule has 0 saturated carbocycles. The fourth-order valence-corrected chi connectivity index (χ4v) is 2.83. The minimum Gasteiger partial charge on any atom is -0.391 e. The molecule has 5 heteroatoms. The van der Waals surface area contributed by atoms with E-state index in [4.69, 9.17) is 0 Å². The molecule has 1 aliphatic rings. The highest BCUT2D eigenvalue weighted by Crippen LogP contribution is 2.34. The summed E-state index contributed by atoms with van der Waals surface area (Å²) in [5, 5.41) is 10.0. The Morgan fingerprint density at radius 2 is 2.21 bits per heavy atom. The number of fused-ring (bicyclic) bond motifs is 1. The Morgan fingerprint density at radius 3 is 3.00 bits per heavy atom. The number of anilines is 2. The van der Waals surface area contributed by atoms with Crippen LogP contribution in [0, 0.1) is 6.92 Å². The molecule has 1 aliphatic heterocycles. The topological polar surface area (TPSA) is 49.2 Å². The first-order chi connectivity index (χ1) is 9.13. The lowest BCUT2D eigenvalue weighted by Crippen LogP contribution is -2.35. The van der Waals surface area contributed by atoms with Gasteiger partial charge in [-0.05, 0) is 36.8 Å². The second-order valence-corrected chi connectivity index (χ2v) is 5.62. The Bertz CT molecular complexity index is 617. The highest BCUT2D eigenvalue weighted by Gasteiger charge is 2.24. The quantitative estimate of drug-likeness (QED) is 0.877. The Balaban J connectivity index is 2.08. The van der Waals surface area contributed by atoms with Crippen molar-refractivity contribution in [3.05, 3.63) is 46.3 Å². The van der Waals surface area contributed by atoms with Crippen molar-refractivity contribution >= 4 is 27.4 Å². The molecule has 1 aromatic heterocycles. The van der Waals surface area contributed by atoms with Crippen LogP contribution in [-0.2, 0) is 6.42 Å². The van der Waals surface area contributed by atoms with E-state index in [9.17, 15) is 5.11 Å². The van der Waals surface area contributed by atoms with Gasteiger partial charge in [0, 0.05) is 22.8 Å². The molecule has 3 rings (SSSR count). The molecule has 0 amide bonds. The number of β-amino-alcohol motifs (C(OH)–C–C–N with tert-alkyl or cyclic N) is 1. The summed E-state index contributed by atoms with van der Waals surface area (Å²) in [6, 6.07) is 8.00. The van der Waals surface area contributed by atoms with Gasteiger partial charge < -0.3 is 10.0 Å². The first kappa shape index (κ1) is 12.6. The van der Waals surface area contributed by atoms with Gasteiger partial charge in [0.2, 0.25) is 0 Å². The average molecular weight is 320 g/mol. The summed E-state index contributed by atoms with van der Waals surface area (Å²) < 4.78 is 1.03. The Hall–Kier alpha value is -1.46. The average Bonchev–Trinajstić information content (AvgIpc) is 2.37. The van der Waals surface area contributed by atoms with Crippen LogP contribution < -0.4 is 4.90 Å². The minimum absolute atomic E-state index is 0.378. The van der Waals surface area contributed by atoms with Crippen molar-refractivity contribution in [3.63, 3.8) is 0 Å². The number of aliphatic hydroxyl groups is 1. The van der Waals surface area contributed by atoms with Gasteiger partial charge in [0.1, 0.15) is 11.6 Å². The number of benzene rings is 1. The molecule has 0 bridgehead atoms. The maximum absolute atomic E-state index is 10.0. The van der Waals surface area contributed by atoms with Crippen LogP contribution >= 0.6 is 15.9 Å². The number of halogens is 1. The monoisotopic (exact) mass is 319 g/mol. The number of aliphatic hydroxyl groups excluding tert-OH is 1. The number of hydrogen-bond acceptors (Lipinski definition) is 4. The molecule has 0 fully saturated rings. The summed E-state index contributed by atoms with van der Waals surface area (Å²) in [7, 11) is 0. The SMILES string of the molecule is Cc1nccc(N2CC(O)Cc3cc(Br)ccc32)n1. The molecule has 1 atom stereocenters. The highest BCUT2D eigenvalue weighted by molar-refractivity contribution is 9.10. The Labute approximate surface area is 120 Å². The van der Waals surface area contributed by atoms with Crippen LogP contribution in [0.5, 0.6) is 0 Å². The molecule has 19 heavy (non-hydrogen) atoms. The lowest BCUT2D eigenvalue weighted by Gasteiger charge is -2.33. The molecule has 0 radical (unpaired) electrons. The molecule has 0 spiro atoms. The summed E-state index contributed by atoms with van der Waals surface area (Å²) in [5.74, 6) is 1.56. The standard InChI is InChI=1S/C14H14BrN3O/c1-9-16-5-4-14(17-9)18-8-12(19)7-10-6-11(15)2-3-13(10)18/h2-6,12,19H,7-8H2,1H3. The largest absolute Gasteiger partial charge is 0.391 e. The number of aryl methyl sites for hydroxylation is 1.